The molecule has 0 saturated carbocycles. The summed E-state index contributed by atoms with van der Waals surface area (Å²) in [5.41, 5.74) is 0.570. The van der Waals surface area contributed by atoms with Crippen molar-refractivity contribution >= 4 is 15.9 Å². The maximum Gasteiger partial charge on any atom is 0.223 e. The summed E-state index contributed by atoms with van der Waals surface area (Å²) in [6.45, 7) is 4.75. The van der Waals surface area contributed by atoms with Gasteiger partial charge in [0.2, 0.25) is 15.9 Å². The van der Waals surface area contributed by atoms with E-state index in [2.05, 4.69) is 10.2 Å². The molecule has 2 aliphatic heterocycles. The first-order chi connectivity index (χ1) is 14.4. The number of sulfonamides is 1. The monoisotopic (exact) mass is 439 g/mol. The van der Waals surface area contributed by atoms with Crippen molar-refractivity contribution in [3.05, 3.63) is 35.6 Å². The van der Waals surface area contributed by atoms with Crippen LogP contribution in [0.4, 0.5) is 4.39 Å². The van der Waals surface area contributed by atoms with E-state index < -0.39 is 10.0 Å². The van der Waals surface area contributed by atoms with Crippen LogP contribution >= 0.6 is 0 Å². The number of carbonyl (C=O) groups excluding carboxylic acids is 1. The summed E-state index contributed by atoms with van der Waals surface area (Å²) in [5.74, 6) is -0.600. The van der Waals surface area contributed by atoms with E-state index in [-0.39, 0.29) is 23.4 Å². The second kappa shape index (κ2) is 11.2. The molecular weight excluding hydrogens is 405 g/mol. The number of hydrogen-bond donors (Lipinski definition) is 1. The van der Waals surface area contributed by atoms with Crippen molar-refractivity contribution in [1.82, 2.24) is 14.5 Å². The Labute approximate surface area is 179 Å². The van der Waals surface area contributed by atoms with Gasteiger partial charge in [-0.15, -0.1) is 0 Å². The van der Waals surface area contributed by atoms with E-state index in [0.29, 0.717) is 38.0 Å². The lowest BCUT2D eigenvalue weighted by Gasteiger charge is -2.30. The molecule has 0 unspecified atom stereocenters. The van der Waals surface area contributed by atoms with Gasteiger partial charge in [-0.25, -0.2) is 17.1 Å². The molecule has 0 radical (unpaired) electrons. The van der Waals surface area contributed by atoms with Gasteiger partial charge in [0, 0.05) is 25.6 Å². The van der Waals surface area contributed by atoms with E-state index in [9.17, 15) is 17.6 Å². The first kappa shape index (κ1) is 23.2. The van der Waals surface area contributed by atoms with Gasteiger partial charge in [0.25, 0.3) is 0 Å². The fourth-order valence-electron chi connectivity index (χ4n) is 4.30. The molecule has 1 N–H and O–H groups in total. The van der Waals surface area contributed by atoms with E-state index >= 15 is 0 Å². The third kappa shape index (κ3) is 7.03. The highest BCUT2D eigenvalue weighted by Crippen LogP contribution is 2.22. The summed E-state index contributed by atoms with van der Waals surface area (Å²) in [4.78, 5) is 14.9. The normalized spacial score (nSPS) is 20.0. The first-order valence-electron chi connectivity index (χ1n) is 11.2. The van der Waals surface area contributed by atoms with E-state index in [1.807, 2.05) is 0 Å². The molecule has 1 amide bonds. The van der Waals surface area contributed by atoms with Crippen molar-refractivity contribution in [2.45, 2.75) is 50.7 Å². The molecule has 0 aromatic heterocycles. The van der Waals surface area contributed by atoms with Crippen LogP contribution in [0.5, 0.6) is 0 Å². The average molecular weight is 440 g/mol. The Balaban J connectivity index is 1.36. The molecule has 8 heteroatoms. The van der Waals surface area contributed by atoms with Gasteiger partial charge in [-0.1, -0.05) is 25.0 Å². The number of rotatable bonds is 8. The van der Waals surface area contributed by atoms with Crippen molar-refractivity contribution in [1.29, 1.82) is 0 Å². The Bertz CT molecular complexity index is 769. The largest absolute Gasteiger partial charge is 0.356 e. The molecule has 0 spiro atoms. The maximum atomic E-state index is 13.0. The molecule has 2 heterocycles. The molecule has 0 aliphatic carbocycles. The molecule has 1 aromatic carbocycles. The van der Waals surface area contributed by atoms with E-state index in [4.69, 9.17) is 0 Å². The summed E-state index contributed by atoms with van der Waals surface area (Å²) in [5, 5.41) is 3.04. The van der Waals surface area contributed by atoms with Crippen molar-refractivity contribution in [2.75, 3.05) is 39.3 Å². The minimum atomic E-state index is -3.46. The van der Waals surface area contributed by atoms with Crippen LogP contribution in [0.15, 0.2) is 24.3 Å². The van der Waals surface area contributed by atoms with Gasteiger partial charge in [0.15, 0.2) is 0 Å². The molecular formula is C22H34FN3O3S. The number of carbonyl (C=O) groups is 1. The molecule has 6 nitrogen and oxygen atoms in total. The van der Waals surface area contributed by atoms with E-state index in [0.717, 1.165) is 13.0 Å². The van der Waals surface area contributed by atoms with Crippen molar-refractivity contribution in [2.24, 2.45) is 5.92 Å². The van der Waals surface area contributed by atoms with Gasteiger partial charge in [0.05, 0.1) is 5.75 Å². The summed E-state index contributed by atoms with van der Waals surface area (Å²) in [7, 11) is -3.46. The van der Waals surface area contributed by atoms with Crippen LogP contribution < -0.4 is 5.32 Å². The first-order valence-corrected chi connectivity index (χ1v) is 12.8. The number of hydrogen-bond acceptors (Lipinski definition) is 4. The van der Waals surface area contributed by atoms with Crippen LogP contribution in [-0.4, -0.2) is 62.8 Å². The van der Waals surface area contributed by atoms with Crippen molar-refractivity contribution in [3.63, 3.8) is 0 Å². The van der Waals surface area contributed by atoms with Gasteiger partial charge in [-0.05, 0) is 69.4 Å². The summed E-state index contributed by atoms with van der Waals surface area (Å²) >= 11 is 0. The quantitative estimate of drug-likeness (QED) is 0.633. The third-order valence-electron chi connectivity index (χ3n) is 6.13. The molecule has 1 aromatic rings. The van der Waals surface area contributed by atoms with Gasteiger partial charge in [-0.3, -0.25) is 4.79 Å². The predicted octanol–water partition coefficient (Wildman–Crippen LogP) is 2.75. The Morgan fingerprint density at radius 1 is 1.00 bits per heavy atom. The summed E-state index contributed by atoms with van der Waals surface area (Å²) in [6.07, 6.45) is 7.24. The lowest BCUT2D eigenvalue weighted by molar-refractivity contribution is -0.126. The Morgan fingerprint density at radius 2 is 1.63 bits per heavy atom. The minimum Gasteiger partial charge on any atom is -0.356 e. The highest BCUT2D eigenvalue weighted by molar-refractivity contribution is 7.88. The molecule has 2 saturated heterocycles. The van der Waals surface area contributed by atoms with Crippen LogP contribution in [0.1, 0.15) is 50.5 Å². The van der Waals surface area contributed by atoms with Crippen LogP contribution in [0.3, 0.4) is 0 Å². The smallest absolute Gasteiger partial charge is 0.223 e. The number of benzene rings is 1. The minimum absolute atomic E-state index is 0.0430. The standard InChI is InChI=1S/C22H34FN3O3S/c23-21-8-6-19(7-9-21)18-30(28,29)26-16-10-20(11-17-26)22(27)24-12-5-15-25-13-3-1-2-4-14-25/h6-9,20H,1-5,10-18H2,(H,24,27). The fourth-order valence-corrected chi connectivity index (χ4v) is 5.86. The van der Waals surface area contributed by atoms with E-state index in [1.165, 1.54) is 67.3 Å². The zero-order chi connectivity index (χ0) is 21.4. The highest BCUT2D eigenvalue weighted by atomic mass is 32.2. The number of halogens is 1. The molecule has 3 rings (SSSR count). The Hall–Kier alpha value is -1.51. The summed E-state index contributed by atoms with van der Waals surface area (Å²) < 4.78 is 39.7. The van der Waals surface area contributed by atoms with Gasteiger partial charge in [0.1, 0.15) is 5.82 Å². The number of piperidine rings is 1. The topological polar surface area (TPSA) is 69.7 Å². The molecule has 0 bridgehead atoms. The Morgan fingerprint density at radius 3 is 2.27 bits per heavy atom. The Kier molecular flexibility index (Phi) is 8.65. The molecule has 2 fully saturated rings. The van der Waals surface area contributed by atoms with Crippen molar-refractivity contribution < 1.29 is 17.6 Å². The van der Waals surface area contributed by atoms with E-state index in [1.54, 1.807) is 0 Å². The second-order valence-electron chi connectivity index (χ2n) is 8.46. The lowest BCUT2D eigenvalue weighted by atomic mass is 9.97. The number of nitrogens with one attached hydrogen (secondary N) is 1. The zero-order valence-corrected chi connectivity index (χ0v) is 18.5. The maximum absolute atomic E-state index is 13.0. The zero-order valence-electron chi connectivity index (χ0n) is 17.7. The highest BCUT2D eigenvalue weighted by Gasteiger charge is 2.31. The second-order valence-corrected chi connectivity index (χ2v) is 10.4. The SMILES string of the molecule is O=C(NCCCN1CCCCCC1)C1CCN(S(=O)(=O)Cc2ccc(F)cc2)CC1. The lowest BCUT2D eigenvalue weighted by Crippen LogP contribution is -2.43. The number of likely N-dealkylation sites (tertiary alicyclic amines) is 1. The van der Waals surface area contributed by atoms with Crippen LogP contribution in [0, 0.1) is 11.7 Å². The van der Waals surface area contributed by atoms with Gasteiger partial charge >= 0.3 is 0 Å². The molecule has 2 aliphatic rings. The van der Waals surface area contributed by atoms with Gasteiger partial charge < -0.3 is 10.2 Å². The molecule has 0 atom stereocenters. The predicted molar refractivity (Wildman–Crippen MR) is 116 cm³/mol. The van der Waals surface area contributed by atoms with Gasteiger partial charge in [-0.2, -0.15) is 0 Å². The van der Waals surface area contributed by atoms with Crippen LogP contribution in [0.25, 0.3) is 0 Å². The average Bonchev–Trinajstić information content (AvgIpc) is 3.01. The summed E-state index contributed by atoms with van der Waals surface area (Å²) in [6, 6.07) is 5.54. The van der Waals surface area contributed by atoms with Crippen LogP contribution in [-0.2, 0) is 20.6 Å². The molecule has 168 valence electrons. The number of amides is 1. The van der Waals surface area contributed by atoms with Crippen LogP contribution in [0.2, 0.25) is 0 Å². The fraction of sp³-hybridized carbons (Fsp3) is 0.682. The third-order valence-corrected chi connectivity index (χ3v) is 7.98. The number of nitrogens with zero attached hydrogens (tertiary/aromatic N) is 2. The van der Waals surface area contributed by atoms with Crippen molar-refractivity contribution in [3.8, 4) is 0 Å². The molecule has 30 heavy (non-hydrogen) atoms.